The molecule has 2 unspecified atom stereocenters. The summed E-state index contributed by atoms with van der Waals surface area (Å²) in [7, 11) is 2.06. The zero-order valence-corrected chi connectivity index (χ0v) is 13.1. The standard InChI is InChI=1S/C15H25NOS/c1-10-8-18-9-11(10)13(16-6)12-7-14(2,3)17-15(12,4)5/h8-9,12-13,16H,7H2,1-6H3. The van der Waals surface area contributed by atoms with Crippen LogP contribution in [0.4, 0.5) is 0 Å². The first-order valence-electron chi connectivity index (χ1n) is 6.67. The van der Waals surface area contributed by atoms with E-state index in [1.807, 2.05) is 0 Å². The first kappa shape index (κ1) is 14.0. The molecule has 0 bridgehead atoms. The highest BCUT2D eigenvalue weighted by atomic mass is 32.1. The molecule has 0 aromatic carbocycles. The summed E-state index contributed by atoms with van der Waals surface area (Å²) in [5, 5.41) is 8.01. The first-order chi connectivity index (χ1) is 8.27. The third kappa shape index (κ3) is 2.49. The van der Waals surface area contributed by atoms with Gasteiger partial charge in [-0.15, -0.1) is 0 Å². The number of ether oxygens (including phenoxy) is 1. The molecule has 1 saturated heterocycles. The van der Waals surface area contributed by atoms with E-state index in [0.717, 1.165) is 6.42 Å². The van der Waals surface area contributed by atoms with E-state index in [0.29, 0.717) is 12.0 Å². The molecule has 18 heavy (non-hydrogen) atoms. The van der Waals surface area contributed by atoms with Gasteiger partial charge in [0.1, 0.15) is 0 Å². The van der Waals surface area contributed by atoms with Crippen molar-refractivity contribution in [2.45, 2.75) is 58.3 Å². The molecular weight excluding hydrogens is 242 g/mol. The second-order valence-electron chi connectivity index (χ2n) is 6.55. The third-order valence-corrected chi connectivity index (χ3v) is 4.97. The molecule has 2 rings (SSSR count). The molecule has 0 amide bonds. The Kier molecular flexibility index (Phi) is 3.60. The highest BCUT2D eigenvalue weighted by Crippen LogP contribution is 2.48. The molecule has 3 heteroatoms. The molecule has 102 valence electrons. The minimum Gasteiger partial charge on any atom is -0.369 e. The molecule has 1 aliphatic heterocycles. The van der Waals surface area contributed by atoms with Gasteiger partial charge in [-0.05, 0) is 70.0 Å². The van der Waals surface area contributed by atoms with Gasteiger partial charge >= 0.3 is 0 Å². The Morgan fingerprint density at radius 2 is 2.00 bits per heavy atom. The molecular formula is C15H25NOS. The van der Waals surface area contributed by atoms with Gasteiger partial charge in [-0.1, -0.05) is 0 Å². The van der Waals surface area contributed by atoms with Crippen LogP contribution in [-0.4, -0.2) is 18.2 Å². The number of hydrogen-bond acceptors (Lipinski definition) is 3. The summed E-state index contributed by atoms with van der Waals surface area (Å²) < 4.78 is 6.23. The zero-order chi connectivity index (χ0) is 13.6. The van der Waals surface area contributed by atoms with Gasteiger partial charge in [0.25, 0.3) is 0 Å². The Balaban J connectivity index is 2.32. The van der Waals surface area contributed by atoms with E-state index in [9.17, 15) is 0 Å². The van der Waals surface area contributed by atoms with Gasteiger partial charge < -0.3 is 10.1 Å². The summed E-state index contributed by atoms with van der Waals surface area (Å²) in [5.41, 5.74) is 2.72. The Hall–Kier alpha value is -0.380. The average molecular weight is 267 g/mol. The fraction of sp³-hybridized carbons (Fsp3) is 0.733. The normalized spacial score (nSPS) is 27.3. The Labute approximate surface area is 115 Å². The Morgan fingerprint density at radius 1 is 1.33 bits per heavy atom. The molecule has 0 aliphatic carbocycles. The maximum atomic E-state index is 6.23. The second kappa shape index (κ2) is 4.62. The molecule has 2 atom stereocenters. The van der Waals surface area contributed by atoms with Crippen molar-refractivity contribution in [1.82, 2.24) is 5.32 Å². The van der Waals surface area contributed by atoms with Crippen LogP contribution in [0.25, 0.3) is 0 Å². The largest absolute Gasteiger partial charge is 0.369 e. The molecule has 1 fully saturated rings. The number of hydrogen-bond donors (Lipinski definition) is 1. The van der Waals surface area contributed by atoms with Crippen molar-refractivity contribution in [3.63, 3.8) is 0 Å². The summed E-state index contributed by atoms with van der Waals surface area (Å²) in [5.74, 6) is 0.505. The van der Waals surface area contributed by atoms with Gasteiger partial charge in [0.05, 0.1) is 11.2 Å². The van der Waals surface area contributed by atoms with Crippen LogP contribution in [0.1, 0.15) is 51.3 Å². The van der Waals surface area contributed by atoms with E-state index in [4.69, 9.17) is 4.74 Å². The molecule has 1 aromatic rings. The van der Waals surface area contributed by atoms with Crippen LogP contribution in [-0.2, 0) is 4.74 Å². The molecule has 2 nitrogen and oxygen atoms in total. The lowest BCUT2D eigenvalue weighted by Gasteiger charge is -2.33. The van der Waals surface area contributed by atoms with E-state index in [1.54, 1.807) is 11.3 Å². The smallest absolute Gasteiger partial charge is 0.0681 e. The molecule has 2 heterocycles. The summed E-state index contributed by atoms with van der Waals surface area (Å²) in [4.78, 5) is 0. The lowest BCUT2D eigenvalue weighted by atomic mass is 9.79. The second-order valence-corrected chi connectivity index (χ2v) is 7.30. The third-order valence-electron chi connectivity index (χ3n) is 4.09. The predicted molar refractivity (Wildman–Crippen MR) is 78.2 cm³/mol. The lowest BCUT2D eigenvalue weighted by molar-refractivity contribution is -0.0776. The molecule has 0 spiro atoms. The maximum Gasteiger partial charge on any atom is 0.0681 e. The lowest BCUT2D eigenvalue weighted by Crippen LogP contribution is -2.37. The van der Waals surface area contributed by atoms with Crippen molar-refractivity contribution in [2.24, 2.45) is 5.92 Å². The minimum absolute atomic E-state index is 0.0206. The minimum atomic E-state index is -0.0778. The molecule has 0 saturated carbocycles. The Morgan fingerprint density at radius 3 is 2.39 bits per heavy atom. The van der Waals surface area contributed by atoms with Crippen molar-refractivity contribution in [1.29, 1.82) is 0 Å². The van der Waals surface area contributed by atoms with Gasteiger partial charge in [0.15, 0.2) is 0 Å². The highest BCUT2D eigenvalue weighted by molar-refractivity contribution is 7.08. The van der Waals surface area contributed by atoms with Crippen LogP contribution in [0.3, 0.4) is 0 Å². The summed E-state index contributed by atoms with van der Waals surface area (Å²) in [6.07, 6.45) is 1.10. The van der Waals surface area contributed by atoms with Gasteiger partial charge in [-0.2, -0.15) is 11.3 Å². The number of nitrogens with one attached hydrogen (secondary N) is 1. The van der Waals surface area contributed by atoms with E-state index in [1.165, 1.54) is 11.1 Å². The molecule has 1 aromatic heterocycles. The summed E-state index contributed by atoms with van der Waals surface area (Å²) in [6.45, 7) is 11.0. The van der Waals surface area contributed by atoms with Crippen molar-refractivity contribution in [2.75, 3.05) is 7.05 Å². The van der Waals surface area contributed by atoms with Crippen LogP contribution < -0.4 is 5.32 Å². The monoisotopic (exact) mass is 267 g/mol. The van der Waals surface area contributed by atoms with Gasteiger partial charge in [0.2, 0.25) is 0 Å². The SMILES string of the molecule is CNC(c1cscc1C)C1CC(C)(C)OC1(C)C. The van der Waals surface area contributed by atoms with Crippen molar-refractivity contribution in [3.05, 3.63) is 21.9 Å². The van der Waals surface area contributed by atoms with Crippen LogP contribution in [0.2, 0.25) is 0 Å². The number of aryl methyl sites for hydroxylation is 1. The highest BCUT2D eigenvalue weighted by Gasteiger charge is 2.49. The average Bonchev–Trinajstić information content (AvgIpc) is 2.71. The first-order valence-corrected chi connectivity index (χ1v) is 7.61. The molecule has 1 aliphatic rings. The van der Waals surface area contributed by atoms with Crippen LogP contribution in [0, 0.1) is 12.8 Å². The van der Waals surface area contributed by atoms with E-state index >= 15 is 0 Å². The fourth-order valence-corrected chi connectivity index (χ4v) is 4.27. The quantitative estimate of drug-likeness (QED) is 0.896. The van der Waals surface area contributed by atoms with Gasteiger partial charge in [-0.25, -0.2) is 0 Å². The predicted octanol–water partition coefficient (Wildman–Crippen LogP) is 3.91. The molecule has 0 radical (unpaired) electrons. The van der Waals surface area contributed by atoms with Crippen molar-refractivity contribution >= 4 is 11.3 Å². The Bertz CT molecular complexity index is 422. The van der Waals surface area contributed by atoms with Crippen LogP contribution in [0.15, 0.2) is 10.8 Å². The fourth-order valence-electron chi connectivity index (χ4n) is 3.39. The topological polar surface area (TPSA) is 21.3 Å². The van der Waals surface area contributed by atoms with Crippen molar-refractivity contribution in [3.8, 4) is 0 Å². The number of thiophene rings is 1. The molecule has 1 N–H and O–H groups in total. The maximum absolute atomic E-state index is 6.23. The number of rotatable bonds is 3. The van der Waals surface area contributed by atoms with E-state index in [2.05, 4.69) is 57.7 Å². The van der Waals surface area contributed by atoms with Gasteiger partial charge in [0, 0.05) is 12.0 Å². The van der Waals surface area contributed by atoms with Crippen molar-refractivity contribution < 1.29 is 4.74 Å². The van der Waals surface area contributed by atoms with E-state index in [-0.39, 0.29) is 11.2 Å². The summed E-state index contributed by atoms with van der Waals surface area (Å²) >= 11 is 1.79. The van der Waals surface area contributed by atoms with Gasteiger partial charge in [-0.3, -0.25) is 0 Å². The zero-order valence-electron chi connectivity index (χ0n) is 12.3. The van der Waals surface area contributed by atoms with Crippen LogP contribution >= 0.6 is 11.3 Å². The summed E-state index contributed by atoms with van der Waals surface area (Å²) in [6, 6.07) is 0.382. The van der Waals surface area contributed by atoms with Crippen LogP contribution in [0.5, 0.6) is 0 Å². The van der Waals surface area contributed by atoms with E-state index < -0.39 is 0 Å².